The minimum absolute atomic E-state index is 0.568. The third kappa shape index (κ3) is 5.67. The van der Waals surface area contributed by atoms with Crippen LogP contribution in [0.3, 0.4) is 0 Å². The molecule has 0 saturated heterocycles. The van der Waals surface area contributed by atoms with Crippen molar-refractivity contribution in [1.82, 2.24) is 4.90 Å². The summed E-state index contributed by atoms with van der Waals surface area (Å²) in [5, 5.41) is 0. The van der Waals surface area contributed by atoms with Crippen LogP contribution in [-0.2, 0) is 16.1 Å². The van der Waals surface area contributed by atoms with Crippen LogP contribution < -0.4 is 0 Å². The number of benzene rings is 2. The summed E-state index contributed by atoms with van der Waals surface area (Å²) >= 11 is 0. The van der Waals surface area contributed by atoms with Crippen molar-refractivity contribution in [2.24, 2.45) is 9.36 Å². The lowest BCUT2D eigenvalue weighted by Crippen LogP contribution is -2.14. The zero-order chi connectivity index (χ0) is 20.0. The van der Waals surface area contributed by atoms with Crippen LogP contribution in [0.25, 0.3) is 0 Å². The van der Waals surface area contributed by atoms with Gasteiger partial charge in [-0.1, -0.05) is 18.2 Å². The maximum Gasteiger partial charge on any atom is 0.0909 e. The number of nitrogens with zero attached hydrogens (tertiary/aromatic N) is 3. The molecule has 2 aromatic carbocycles. The molecule has 5 heteroatoms. The minimum Gasteiger partial charge on any atom is -0.366 e. The lowest BCUT2D eigenvalue weighted by molar-refractivity contribution is 0.552. The molecule has 2 rings (SSSR count). The van der Waals surface area contributed by atoms with Gasteiger partial charge < -0.3 is 4.90 Å². The van der Waals surface area contributed by atoms with Crippen molar-refractivity contribution in [2.75, 3.05) is 26.4 Å². The van der Waals surface area contributed by atoms with Crippen LogP contribution >= 0.6 is 0 Å². The van der Waals surface area contributed by atoms with Gasteiger partial charge in [-0.2, -0.15) is 0 Å². The molecule has 0 saturated carbocycles. The Kier molecular flexibility index (Phi) is 7.19. The fraction of sp³-hybridized carbons (Fsp3) is 0.409. The molecular formula is C22H31N3OS. The summed E-state index contributed by atoms with van der Waals surface area (Å²) in [5.74, 6) is 0. The van der Waals surface area contributed by atoms with Gasteiger partial charge in [-0.25, -0.2) is 13.6 Å². The van der Waals surface area contributed by atoms with Gasteiger partial charge in [-0.15, -0.1) is 0 Å². The summed E-state index contributed by atoms with van der Waals surface area (Å²) in [6, 6.07) is 12.4. The molecule has 27 heavy (non-hydrogen) atoms. The summed E-state index contributed by atoms with van der Waals surface area (Å²) in [4.78, 5) is 7.45. The Balaban J connectivity index is 2.23. The Labute approximate surface area is 164 Å². The molecular weight excluding hydrogens is 354 g/mol. The SMILES string of the molecule is CCN=S(C)(=O)c1ccc(Cc2cc(C)c(N=CN(C)CC)cc2C)cc1. The van der Waals surface area contributed by atoms with E-state index in [4.69, 9.17) is 0 Å². The van der Waals surface area contributed by atoms with Crippen LogP contribution in [0, 0.1) is 13.8 Å². The van der Waals surface area contributed by atoms with E-state index in [-0.39, 0.29) is 0 Å². The highest BCUT2D eigenvalue weighted by molar-refractivity contribution is 7.93. The topological polar surface area (TPSA) is 45.0 Å². The average Bonchev–Trinajstić information content (AvgIpc) is 2.63. The van der Waals surface area contributed by atoms with E-state index in [1.54, 1.807) is 6.26 Å². The predicted octanol–water partition coefficient (Wildman–Crippen LogP) is 4.98. The summed E-state index contributed by atoms with van der Waals surface area (Å²) < 4.78 is 16.8. The van der Waals surface area contributed by atoms with Crippen molar-refractivity contribution in [3.8, 4) is 0 Å². The largest absolute Gasteiger partial charge is 0.366 e. The number of hydrogen-bond donors (Lipinski definition) is 0. The summed E-state index contributed by atoms with van der Waals surface area (Å²) in [5.41, 5.74) is 5.91. The minimum atomic E-state index is -2.28. The first-order valence-electron chi connectivity index (χ1n) is 9.38. The molecule has 0 aliphatic carbocycles. The van der Waals surface area contributed by atoms with Crippen LogP contribution in [0.4, 0.5) is 5.69 Å². The van der Waals surface area contributed by atoms with Gasteiger partial charge in [0.2, 0.25) is 0 Å². The smallest absolute Gasteiger partial charge is 0.0909 e. The second-order valence-corrected chi connectivity index (χ2v) is 9.29. The van der Waals surface area contributed by atoms with Crippen molar-refractivity contribution >= 4 is 21.8 Å². The van der Waals surface area contributed by atoms with E-state index >= 15 is 0 Å². The molecule has 0 fully saturated rings. The van der Waals surface area contributed by atoms with Gasteiger partial charge in [0, 0.05) is 31.3 Å². The molecule has 146 valence electrons. The lowest BCUT2D eigenvalue weighted by Gasteiger charge is -2.12. The van der Waals surface area contributed by atoms with Crippen LogP contribution in [-0.4, -0.2) is 41.8 Å². The van der Waals surface area contributed by atoms with Crippen molar-refractivity contribution < 1.29 is 4.21 Å². The molecule has 1 unspecified atom stereocenters. The van der Waals surface area contributed by atoms with Gasteiger partial charge in [0.15, 0.2) is 0 Å². The lowest BCUT2D eigenvalue weighted by atomic mass is 9.97. The molecule has 0 bridgehead atoms. The van der Waals surface area contributed by atoms with E-state index in [0.717, 1.165) is 23.5 Å². The van der Waals surface area contributed by atoms with Crippen molar-refractivity contribution in [3.05, 3.63) is 58.7 Å². The normalized spacial score (nSPS) is 13.6. The fourth-order valence-corrected chi connectivity index (χ4v) is 4.12. The van der Waals surface area contributed by atoms with Crippen molar-refractivity contribution in [2.45, 2.75) is 39.0 Å². The van der Waals surface area contributed by atoms with Crippen LogP contribution in [0.5, 0.6) is 0 Å². The molecule has 0 aliphatic rings. The monoisotopic (exact) mass is 385 g/mol. The van der Waals surface area contributed by atoms with Gasteiger partial charge in [-0.3, -0.25) is 0 Å². The molecule has 0 N–H and O–H groups in total. The second kappa shape index (κ2) is 9.18. The predicted molar refractivity (Wildman–Crippen MR) is 117 cm³/mol. The standard InChI is InChI=1S/C22H31N3OS/c1-7-24-27(6,26)21-11-9-19(10-12-21)15-20-13-18(4)22(14-17(20)3)23-16-25(5)8-2/h9-14,16H,7-8,15H2,1-6H3. The Bertz CT molecular complexity index is 923. The van der Waals surface area contributed by atoms with E-state index in [2.05, 4.69) is 59.3 Å². The van der Waals surface area contributed by atoms with Crippen molar-refractivity contribution in [1.29, 1.82) is 0 Å². The third-order valence-electron chi connectivity index (χ3n) is 4.68. The van der Waals surface area contributed by atoms with E-state index in [1.807, 2.05) is 32.4 Å². The quantitative estimate of drug-likeness (QED) is 0.498. The maximum absolute atomic E-state index is 12.5. The summed E-state index contributed by atoms with van der Waals surface area (Å²) in [7, 11) is -0.261. The Hall–Kier alpha value is -2.14. The maximum atomic E-state index is 12.5. The Morgan fingerprint density at radius 2 is 1.74 bits per heavy atom. The van der Waals surface area contributed by atoms with Gasteiger partial charge in [-0.05, 0) is 74.6 Å². The van der Waals surface area contributed by atoms with Gasteiger partial charge in [0.1, 0.15) is 0 Å². The average molecular weight is 386 g/mol. The summed E-state index contributed by atoms with van der Waals surface area (Å²) in [6.07, 6.45) is 4.43. The Morgan fingerprint density at radius 3 is 2.33 bits per heavy atom. The van der Waals surface area contributed by atoms with Gasteiger partial charge in [0.05, 0.1) is 21.8 Å². The van der Waals surface area contributed by atoms with E-state index < -0.39 is 9.73 Å². The van der Waals surface area contributed by atoms with E-state index in [0.29, 0.717) is 6.54 Å². The van der Waals surface area contributed by atoms with Crippen LogP contribution in [0.15, 0.2) is 50.6 Å². The zero-order valence-electron chi connectivity index (χ0n) is 17.3. The number of aryl methyl sites for hydroxylation is 2. The first-order chi connectivity index (χ1) is 12.8. The van der Waals surface area contributed by atoms with Crippen LogP contribution in [0.1, 0.15) is 36.1 Å². The molecule has 0 aromatic heterocycles. The van der Waals surface area contributed by atoms with Gasteiger partial charge in [0.25, 0.3) is 0 Å². The third-order valence-corrected chi connectivity index (χ3v) is 6.58. The molecule has 2 aromatic rings. The highest BCUT2D eigenvalue weighted by Crippen LogP contribution is 2.25. The second-order valence-electron chi connectivity index (χ2n) is 6.95. The fourth-order valence-electron chi connectivity index (χ4n) is 2.83. The van der Waals surface area contributed by atoms with E-state index in [1.165, 1.54) is 22.3 Å². The summed E-state index contributed by atoms with van der Waals surface area (Å²) in [6.45, 7) is 9.75. The highest BCUT2D eigenvalue weighted by atomic mass is 32.2. The zero-order valence-corrected chi connectivity index (χ0v) is 18.1. The Morgan fingerprint density at radius 1 is 1.07 bits per heavy atom. The first-order valence-corrected chi connectivity index (χ1v) is 11.3. The molecule has 0 amide bonds. The number of aliphatic imine (C=N–C) groups is 1. The first kappa shape index (κ1) is 21.2. The van der Waals surface area contributed by atoms with Crippen LogP contribution in [0.2, 0.25) is 0 Å². The number of hydrogen-bond acceptors (Lipinski definition) is 3. The molecule has 1 atom stereocenters. The molecule has 4 nitrogen and oxygen atoms in total. The molecule has 0 spiro atoms. The van der Waals surface area contributed by atoms with Crippen molar-refractivity contribution in [3.63, 3.8) is 0 Å². The molecule has 0 heterocycles. The highest BCUT2D eigenvalue weighted by Gasteiger charge is 2.08. The van der Waals surface area contributed by atoms with Gasteiger partial charge >= 0.3 is 0 Å². The molecule has 0 aliphatic heterocycles. The van der Waals surface area contributed by atoms with E-state index in [9.17, 15) is 4.21 Å². The number of rotatable bonds is 7. The molecule has 0 radical (unpaired) electrons.